The Morgan fingerprint density at radius 3 is 2.50 bits per heavy atom. The molecular weight excluding hydrogens is 519 g/mol. The molecule has 0 fully saturated rings. The molecule has 0 aromatic heterocycles. The molecule has 0 radical (unpaired) electrons. The van der Waals surface area contributed by atoms with Gasteiger partial charge in [0.15, 0.2) is 5.78 Å². The summed E-state index contributed by atoms with van der Waals surface area (Å²) < 4.78 is 61.9. The highest BCUT2D eigenvalue weighted by Gasteiger charge is 2.46. The van der Waals surface area contributed by atoms with Gasteiger partial charge in [-0.1, -0.05) is 25.5 Å². The minimum absolute atomic E-state index is 0.00630. The molecule has 2 aliphatic rings. The summed E-state index contributed by atoms with van der Waals surface area (Å²) in [6.07, 6.45) is -1.27. The van der Waals surface area contributed by atoms with Gasteiger partial charge in [-0.25, -0.2) is 4.79 Å². The van der Waals surface area contributed by atoms with Crippen LogP contribution in [0.4, 0.5) is 23.7 Å². The Morgan fingerprint density at radius 1 is 1.13 bits per heavy atom. The molecule has 1 unspecified atom stereocenters. The zero-order valence-electron chi connectivity index (χ0n) is 21.0. The molecule has 7 nitrogen and oxygen atoms in total. The van der Waals surface area contributed by atoms with E-state index in [4.69, 9.17) is 0 Å². The molecule has 1 aliphatic heterocycles. The number of benzene rings is 2. The summed E-state index contributed by atoms with van der Waals surface area (Å²) in [5.41, 5.74) is 0.144. The molecule has 2 N–H and O–H groups in total. The van der Waals surface area contributed by atoms with Gasteiger partial charge in [-0.2, -0.15) is 29.0 Å². The number of hydrogen-bond acceptors (Lipinski definition) is 5. The van der Waals surface area contributed by atoms with E-state index in [2.05, 4.69) is 0 Å². The summed E-state index contributed by atoms with van der Waals surface area (Å²) >= 11 is 0. The van der Waals surface area contributed by atoms with Crippen LogP contribution in [0.25, 0.3) is 0 Å². The summed E-state index contributed by atoms with van der Waals surface area (Å²) in [4.78, 5) is 30.2. The fourth-order valence-corrected chi connectivity index (χ4v) is 6.00. The van der Waals surface area contributed by atoms with E-state index in [1.165, 1.54) is 46.4 Å². The predicted octanol–water partition coefficient (Wildman–Crippen LogP) is 7.11. The van der Waals surface area contributed by atoms with E-state index in [-0.39, 0.29) is 46.9 Å². The van der Waals surface area contributed by atoms with Crippen molar-refractivity contribution < 1.29 is 31.9 Å². The van der Waals surface area contributed by atoms with Gasteiger partial charge >= 0.3 is 12.2 Å². The molecule has 38 heavy (non-hydrogen) atoms. The number of ketones is 1. The van der Waals surface area contributed by atoms with E-state index in [1.807, 2.05) is 13.0 Å². The van der Waals surface area contributed by atoms with Crippen LogP contribution < -0.4 is 4.90 Å². The number of halogens is 3. The molecule has 202 valence electrons. The largest absolute Gasteiger partial charge is 0.416 e. The predicted molar refractivity (Wildman–Crippen MR) is 138 cm³/mol. The number of carbonyl (C=O) groups excluding carboxylic acids is 2. The zero-order chi connectivity index (χ0) is 27.8. The number of urea groups is 1. The molecule has 2 amide bonds. The first-order valence-corrected chi connectivity index (χ1v) is 14.2. The molecule has 0 spiro atoms. The molecule has 4 rings (SSSR count). The van der Waals surface area contributed by atoms with Crippen molar-refractivity contribution >= 4 is 28.1 Å². The standard InChI is InChI=1S/C27H28F3N3O4S/c1-3-4-13-32-25(20-12-11-17(16-31)14-23(20)38(2,36)37)24-21(9-6-10-22(24)34)33(26(32)35)19-8-5-7-18(15-19)27(28,29)30/h5,7-8,11-12,14-15,25,36-37H,3-4,6,9-10,13H2,1-2H3. The summed E-state index contributed by atoms with van der Waals surface area (Å²) in [6.45, 7) is 2.10. The fraction of sp³-hybridized carbons (Fsp3) is 0.370. The molecule has 2 aromatic carbocycles. The average molecular weight is 548 g/mol. The number of alkyl halides is 3. The van der Waals surface area contributed by atoms with Gasteiger partial charge in [-0.15, -0.1) is 0 Å². The maximum Gasteiger partial charge on any atom is 0.416 e. The van der Waals surface area contributed by atoms with Crippen molar-refractivity contribution in [3.8, 4) is 6.07 Å². The number of allylic oxidation sites excluding steroid dienone is 1. The Kier molecular flexibility index (Phi) is 7.61. The Morgan fingerprint density at radius 2 is 1.87 bits per heavy atom. The van der Waals surface area contributed by atoms with Crippen molar-refractivity contribution in [3.05, 3.63) is 70.4 Å². The van der Waals surface area contributed by atoms with E-state index < -0.39 is 34.4 Å². The van der Waals surface area contributed by atoms with E-state index in [0.717, 1.165) is 12.1 Å². The first kappa shape index (κ1) is 27.7. The normalized spacial score (nSPS) is 18.9. The number of anilines is 1. The molecule has 1 aliphatic carbocycles. The third-order valence-corrected chi connectivity index (χ3v) is 7.95. The quantitative estimate of drug-likeness (QED) is 0.401. The van der Waals surface area contributed by atoms with E-state index in [0.29, 0.717) is 30.5 Å². The minimum Gasteiger partial charge on any atom is -0.313 e. The molecule has 2 aromatic rings. The van der Waals surface area contributed by atoms with Gasteiger partial charge in [0.25, 0.3) is 0 Å². The number of nitrogens with zero attached hydrogens (tertiary/aromatic N) is 3. The van der Waals surface area contributed by atoms with Gasteiger partial charge in [-0.3, -0.25) is 18.8 Å². The van der Waals surface area contributed by atoms with Crippen LogP contribution in [0.5, 0.6) is 0 Å². The van der Waals surface area contributed by atoms with Crippen molar-refractivity contribution in [2.75, 3.05) is 17.7 Å². The number of unbranched alkanes of at least 4 members (excludes halogenated alkanes) is 1. The third kappa shape index (κ3) is 5.16. The van der Waals surface area contributed by atoms with Crippen molar-refractivity contribution in [2.45, 2.75) is 56.1 Å². The SMILES string of the molecule is CCCCN1C(=O)N(c2cccc(C(F)(F)F)c2)C2=C(C(=O)CCC2)C1c1ccc(C#N)cc1S(C)(O)O. The highest BCUT2D eigenvalue weighted by molar-refractivity contribution is 8.23. The number of carbonyl (C=O) groups is 2. The van der Waals surface area contributed by atoms with Crippen LogP contribution in [-0.2, 0) is 11.0 Å². The van der Waals surface area contributed by atoms with Gasteiger partial charge in [0, 0.05) is 36.1 Å². The highest BCUT2D eigenvalue weighted by Crippen LogP contribution is 2.52. The molecule has 1 heterocycles. The van der Waals surface area contributed by atoms with Crippen LogP contribution >= 0.6 is 10.6 Å². The maximum absolute atomic E-state index is 14.1. The van der Waals surface area contributed by atoms with Crippen LogP contribution in [0.2, 0.25) is 0 Å². The molecular formula is C27H28F3N3O4S. The van der Waals surface area contributed by atoms with Crippen LogP contribution in [0.3, 0.4) is 0 Å². The number of nitriles is 1. The molecule has 0 saturated heterocycles. The second kappa shape index (κ2) is 10.4. The van der Waals surface area contributed by atoms with E-state index in [9.17, 15) is 37.1 Å². The van der Waals surface area contributed by atoms with E-state index >= 15 is 0 Å². The Bertz CT molecular complexity index is 1340. The smallest absolute Gasteiger partial charge is 0.313 e. The lowest BCUT2D eigenvalue weighted by Gasteiger charge is -2.46. The van der Waals surface area contributed by atoms with Crippen LogP contribution in [0.15, 0.2) is 58.6 Å². The number of amides is 2. The zero-order valence-corrected chi connectivity index (χ0v) is 21.8. The lowest BCUT2D eigenvalue weighted by molar-refractivity contribution is -0.137. The Balaban J connectivity index is 2.00. The van der Waals surface area contributed by atoms with Crippen molar-refractivity contribution in [1.29, 1.82) is 5.26 Å². The second-order valence-electron chi connectivity index (χ2n) is 9.45. The summed E-state index contributed by atoms with van der Waals surface area (Å²) in [6, 6.07) is 9.20. The molecule has 0 saturated carbocycles. The molecule has 1 atom stereocenters. The third-order valence-electron chi connectivity index (χ3n) is 6.76. The first-order valence-electron chi connectivity index (χ1n) is 12.2. The number of Topliss-reactive ketones (excluding diaryl/α,β-unsaturated/α-hetero) is 1. The Hall–Kier alpha value is -3.33. The molecule has 11 heteroatoms. The minimum atomic E-state index is -4.62. The van der Waals surface area contributed by atoms with Gasteiger partial charge in [-0.05, 0) is 49.6 Å². The lowest BCUT2D eigenvalue weighted by Crippen LogP contribution is -2.52. The monoisotopic (exact) mass is 547 g/mol. The summed E-state index contributed by atoms with van der Waals surface area (Å²) in [5, 5.41) is 9.39. The fourth-order valence-electron chi connectivity index (χ4n) is 5.03. The summed E-state index contributed by atoms with van der Waals surface area (Å²) in [5.74, 6) is -0.259. The number of rotatable bonds is 6. The first-order chi connectivity index (χ1) is 17.9. The average Bonchev–Trinajstić information content (AvgIpc) is 2.86. The topological polar surface area (TPSA) is 105 Å². The van der Waals surface area contributed by atoms with Gasteiger partial charge in [0.1, 0.15) is 0 Å². The molecule has 0 bridgehead atoms. The second-order valence-corrected chi connectivity index (χ2v) is 11.6. The summed E-state index contributed by atoms with van der Waals surface area (Å²) in [7, 11) is -3.38. The van der Waals surface area contributed by atoms with Crippen molar-refractivity contribution in [3.63, 3.8) is 0 Å². The van der Waals surface area contributed by atoms with Gasteiger partial charge in [0.2, 0.25) is 0 Å². The van der Waals surface area contributed by atoms with Crippen molar-refractivity contribution in [1.82, 2.24) is 4.90 Å². The number of hydrogen-bond donors (Lipinski definition) is 2. The van der Waals surface area contributed by atoms with Gasteiger partial charge in [0.05, 0.1) is 33.8 Å². The van der Waals surface area contributed by atoms with E-state index in [1.54, 1.807) is 0 Å². The maximum atomic E-state index is 14.1. The van der Waals surface area contributed by atoms with Crippen LogP contribution in [0, 0.1) is 11.3 Å². The van der Waals surface area contributed by atoms with Crippen molar-refractivity contribution in [2.24, 2.45) is 0 Å². The van der Waals surface area contributed by atoms with Crippen LogP contribution in [0.1, 0.15) is 61.8 Å². The van der Waals surface area contributed by atoms with Gasteiger partial charge < -0.3 is 4.90 Å². The van der Waals surface area contributed by atoms with Crippen LogP contribution in [-0.4, -0.2) is 38.6 Å². The highest BCUT2D eigenvalue weighted by atomic mass is 32.3. The lowest BCUT2D eigenvalue weighted by atomic mass is 9.83. The Labute approximate surface area is 220 Å².